The number of ketones is 2. The fourth-order valence-corrected chi connectivity index (χ4v) is 3.54. The molecule has 1 aliphatic carbocycles. The van der Waals surface area contributed by atoms with Gasteiger partial charge in [0.05, 0.1) is 34.0 Å². The van der Waals surface area contributed by atoms with Crippen LogP contribution in [0.2, 0.25) is 0 Å². The maximum Gasteiger partial charge on any atom is 0.244 e. The van der Waals surface area contributed by atoms with Gasteiger partial charge in [-0.05, 0) is 31.9 Å². The Hall–Kier alpha value is -1.21. The van der Waals surface area contributed by atoms with Crippen LogP contribution in [0.5, 0.6) is 0 Å². The fraction of sp³-hybridized carbons (Fsp3) is 0.429. The highest BCUT2D eigenvalue weighted by Gasteiger charge is 2.32. The molecule has 2 rings (SSSR count). The molecule has 0 N–H and O–H groups in total. The van der Waals surface area contributed by atoms with Crippen molar-refractivity contribution in [3.8, 4) is 0 Å². The van der Waals surface area contributed by atoms with Crippen molar-refractivity contribution >= 4 is 43.4 Å². The predicted octanol–water partition coefficient (Wildman–Crippen LogP) is 2.70. The van der Waals surface area contributed by atoms with Gasteiger partial charge in [0, 0.05) is 11.5 Å². The third kappa shape index (κ3) is 3.71. The van der Waals surface area contributed by atoms with E-state index in [0.29, 0.717) is 0 Å². The lowest BCUT2D eigenvalue weighted by Crippen LogP contribution is -2.24. The van der Waals surface area contributed by atoms with Crippen LogP contribution in [-0.2, 0) is 14.8 Å². The minimum atomic E-state index is -3.53. The molecule has 0 aliphatic heterocycles. The minimum Gasteiger partial charge on any atom is -0.299 e. The molecule has 1 aromatic carbocycles. The van der Waals surface area contributed by atoms with E-state index in [0.717, 1.165) is 16.2 Å². The molecule has 1 saturated carbocycles. The zero-order valence-corrected chi connectivity index (χ0v) is 14.0. The summed E-state index contributed by atoms with van der Waals surface area (Å²) in [6, 6.07) is 6.38. The third-order valence-corrected chi connectivity index (χ3v) is 6.49. The molecule has 1 fully saturated rings. The molecule has 0 heterocycles. The normalized spacial score (nSPS) is 14.8. The van der Waals surface area contributed by atoms with E-state index in [1.807, 2.05) is 0 Å². The van der Waals surface area contributed by atoms with Crippen LogP contribution in [0.4, 0.5) is 5.69 Å². The Morgan fingerprint density at radius 3 is 2.48 bits per heavy atom. The standard InChI is InChI=1S/C14H16BrNO4S/c1-2-21(19,20)16(15)12-6-4-3-5-11(12)14(18)9-13(17)10-7-8-10/h3-6,10H,2,7-9H2,1H3. The van der Waals surface area contributed by atoms with Crippen LogP contribution in [0, 0.1) is 5.92 Å². The van der Waals surface area contributed by atoms with Crippen LogP contribution in [0.3, 0.4) is 0 Å². The molecule has 0 unspecified atom stereocenters. The Kier molecular flexibility index (Phi) is 4.83. The number of carbonyl (C=O) groups excluding carboxylic acids is 2. The van der Waals surface area contributed by atoms with Crippen LogP contribution >= 0.6 is 16.1 Å². The first kappa shape index (κ1) is 16.2. The number of para-hydroxylation sites is 1. The number of halogens is 1. The first-order valence-electron chi connectivity index (χ1n) is 6.70. The average Bonchev–Trinajstić information content (AvgIpc) is 3.31. The molecule has 114 valence electrons. The van der Waals surface area contributed by atoms with E-state index in [1.54, 1.807) is 12.1 Å². The molecular weight excluding hydrogens is 358 g/mol. The van der Waals surface area contributed by atoms with Gasteiger partial charge in [0.25, 0.3) is 0 Å². The summed E-state index contributed by atoms with van der Waals surface area (Å²) in [5.74, 6) is -0.491. The van der Waals surface area contributed by atoms with E-state index in [1.165, 1.54) is 19.1 Å². The van der Waals surface area contributed by atoms with Crippen molar-refractivity contribution in [2.24, 2.45) is 5.92 Å². The number of nitrogens with zero attached hydrogens (tertiary/aromatic N) is 1. The van der Waals surface area contributed by atoms with Gasteiger partial charge in [0.1, 0.15) is 5.78 Å². The van der Waals surface area contributed by atoms with E-state index < -0.39 is 10.0 Å². The van der Waals surface area contributed by atoms with Gasteiger partial charge in [-0.15, -0.1) is 0 Å². The van der Waals surface area contributed by atoms with Crippen molar-refractivity contribution in [2.45, 2.75) is 26.2 Å². The maximum absolute atomic E-state index is 12.3. The van der Waals surface area contributed by atoms with Gasteiger partial charge in [-0.25, -0.2) is 11.7 Å². The quantitative estimate of drug-likeness (QED) is 0.418. The lowest BCUT2D eigenvalue weighted by atomic mass is 10.0. The number of hydrogen-bond acceptors (Lipinski definition) is 4. The fourth-order valence-electron chi connectivity index (χ4n) is 1.93. The largest absolute Gasteiger partial charge is 0.299 e. The summed E-state index contributed by atoms with van der Waals surface area (Å²) in [7, 11) is -3.53. The van der Waals surface area contributed by atoms with Crippen molar-refractivity contribution in [1.82, 2.24) is 0 Å². The molecule has 0 atom stereocenters. The monoisotopic (exact) mass is 373 g/mol. The first-order chi connectivity index (χ1) is 9.86. The molecule has 5 nitrogen and oxygen atoms in total. The number of benzene rings is 1. The van der Waals surface area contributed by atoms with Gasteiger partial charge in [0.15, 0.2) is 5.78 Å². The summed E-state index contributed by atoms with van der Waals surface area (Å²) in [5.41, 5.74) is 0.480. The van der Waals surface area contributed by atoms with Crippen LogP contribution in [0.25, 0.3) is 0 Å². The van der Waals surface area contributed by atoms with Crippen LogP contribution in [0.1, 0.15) is 36.5 Å². The molecule has 1 aromatic rings. The summed E-state index contributed by atoms with van der Waals surface area (Å²) in [5, 5.41) is 0. The lowest BCUT2D eigenvalue weighted by molar-refractivity contribution is -0.119. The third-order valence-electron chi connectivity index (χ3n) is 3.37. The second-order valence-electron chi connectivity index (χ2n) is 4.97. The highest BCUT2D eigenvalue weighted by Crippen LogP contribution is 2.32. The molecule has 0 bridgehead atoms. The smallest absolute Gasteiger partial charge is 0.244 e. The number of hydrogen-bond donors (Lipinski definition) is 0. The van der Waals surface area contributed by atoms with Crippen molar-refractivity contribution in [2.75, 3.05) is 9.08 Å². The number of sulfonamides is 1. The van der Waals surface area contributed by atoms with E-state index in [9.17, 15) is 18.0 Å². The van der Waals surface area contributed by atoms with Crippen LogP contribution in [-0.4, -0.2) is 25.7 Å². The molecule has 0 aromatic heterocycles. The summed E-state index contributed by atoms with van der Waals surface area (Å²) in [6.45, 7) is 1.52. The SMILES string of the molecule is CCS(=O)(=O)N(Br)c1ccccc1C(=O)CC(=O)C1CC1. The number of rotatable bonds is 7. The molecule has 0 saturated heterocycles. The lowest BCUT2D eigenvalue weighted by Gasteiger charge is -2.18. The molecule has 21 heavy (non-hydrogen) atoms. The van der Waals surface area contributed by atoms with Gasteiger partial charge in [-0.1, -0.05) is 12.1 Å². The van der Waals surface area contributed by atoms with Gasteiger partial charge in [0.2, 0.25) is 10.0 Å². The Bertz CT molecular complexity index is 667. The van der Waals surface area contributed by atoms with Crippen molar-refractivity contribution in [3.63, 3.8) is 0 Å². The van der Waals surface area contributed by atoms with Gasteiger partial charge < -0.3 is 0 Å². The van der Waals surface area contributed by atoms with Crippen molar-refractivity contribution < 1.29 is 18.0 Å². The van der Waals surface area contributed by atoms with Crippen LogP contribution < -0.4 is 3.33 Å². The zero-order chi connectivity index (χ0) is 15.6. The number of anilines is 1. The Morgan fingerprint density at radius 2 is 1.90 bits per heavy atom. The summed E-state index contributed by atoms with van der Waals surface area (Å²) in [6.07, 6.45) is 1.53. The Labute approximate surface area is 132 Å². The van der Waals surface area contributed by atoms with Gasteiger partial charge >= 0.3 is 0 Å². The molecule has 0 amide bonds. The molecule has 7 heteroatoms. The van der Waals surface area contributed by atoms with E-state index in [4.69, 9.17) is 0 Å². The topological polar surface area (TPSA) is 71.5 Å². The van der Waals surface area contributed by atoms with Crippen LogP contribution in [0.15, 0.2) is 24.3 Å². The summed E-state index contributed by atoms with van der Waals surface area (Å²) in [4.78, 5) is 24.0. The predicted molar refractivity (Wildman–Crippen MR) is 84.0 cm³/mol. The van der Waals surface area contributed by atoms with Gasteiger partial charge in [-0.3, -0.25) is 9.59 Å². The van der Waals surface area contributed by atoms with Gasteiger partial charge in [-0.2, -0.15) is 0 Å². The number of carbonyl (C=O) groups is 2. The van der Waals surface area contributed by atoms with E-state index >= 15 is 0 Å². The van der Waals surface area contributed by atoms with Crippen molar-refractivity contribution in [1.29, 1.82) is 0 Å². The van der Waals surface area contributed by atoms with E-state index in [2.05, 4.69) is 16.1 Å². The second kappa shape index (κ2) is 6.27. The molecule has 1 aliphatic rings. The molecule has 0 spiro atoms. The zero-order valence-electron chi connectivity index (χ0n) is 11.6. The second-order valence-corrected chi connectivity index (χ2v) is 8.26. The maximum atomic E-state index is 12.3. The van der Waals surface area contributed by atoms with E-state index in [-0.39, 0.29) is 40.9 Å². The number of Topliss-reactive ketones (excluding diaryl/α,β-unsaturated/α-hetero) is 2. The Balaban J connectivity index is 2.27. The summed E-state index contributed by atoms with van der Waals surface area (Å²) < 4.78 is 24.8. The summed E-state index contributed by atoms with van der Waals surface area (Å²) >= 11 is 3.00. The highest BCUT2D eigenvalue weighted by molar-refractivity contribution is 9.11. The molecular formula is C14H16BrNO4S. The minimum absolute atomic E-state index is 0.0144. The van der Waals surface area contributed by atoms with Crippen molar-refractivity contribution in [3.05, 3.63) is 29.8 Å². The highest BCUT2D eigenvalue weighted by atomic mass is 79.9. The Morgan fingerprint density at radius 1 is 1.29 bits per heavy atom. The average molecular weight is 374 g/mol. The first-order valence-corrected chi connectivity index (χ1v) is 9.02. The molecule has 0 radical (unpaired) electrons.